The number of ether oxygens (including phenoxy) is 1. The number of hydrogen-bond donors (Lipinski definition) is 1. The second kappa shape index (κ2) is 8.45. The first-order valence-corrected chi connectivity index (χ1v) is 12.0. The number of rotatable bonds is 4. The molecule has 29 heavy (non-hydrogen) atoms. The summed E-state index contributed by atoms with van der Waals surface area (Å²) >= 11 is -1.53. The Balaban J connectivity index is 1.75. The van der Waals surface area contributed by atoms with Crippen LogP contribution in [0, 0.1) is 0 Å². The minimum Gasteiger partial charge on any atom is -0.454 e. The molecule has 2 heterocycles. The Hall–Kier alpha value is -1.91. The number of alkyl halides is 3. The molecule has 2 aliphatic rings. The summed E-state index contributed by atoms with van der Waals surface area (Å²) in [4.78, 5) is 9.14. The zero-order chi connectivity index (χ0) is 20.4. The Bertz CT molecular complexity index is 943. The number of aliphatic hydroxyl groups excluding tert-OH is 1. The van der Waals surface area contributed by atoms with E-state index in [0.29, 0.717) is 23.7 Å². The van der Waals surface area contributed by atoms with Gasteiger partial charge in [0.2, 0.25) is 0 Å². The van der Waals surface area contributed by atoms with E-state index in [9.17, 15) is 8.78 Å². The molecule has 0 radical (unpaired) electrons. The molecule has 1 saturated heterocycles. The van der Waals surface area contributed by atoms with E-state index in [0.717, 1.165) is 37.6 Å². The van der Waals surface area contributed by atoms with Crippen molar-refractivity contribution in [3.8, 4) is 11.5 Å². The number of amidine groups is 1. The van der Waals surface area contributed by atoms with Crippen LogP contribution in [-0.2, 0) is 3.93 Å². The maximum Gasteiger partial charge on any atom is 0.316 e. The standard InChI is InChI=1S/C21H22F2IN3O2/c1-24-21(22,23)15-6-7-19-17(14-15)25-20(16-4-2-3-5-18(16)29-19)27-10-8-26(9-11-27)12-13-28/h2-7,14,28H,1,8-13H2. The van der Waals surface area contributed by atoms with Crippen molar-refractivity contribution in [1.29, 1.82) is 0 Å². The monoisotopic (exact) mass is 513 g/mol. The summed E-state index contributed by atoms with van der Waals surface area (Å²) in [6.45, 7) is 3.87. The molecule has 0 aromatic heterocycles. The van der Waals surface area contributed by atoms with Crippen LogP contribution in [0.15, 0.2) is 47.5 Å². The van der Waals surface area contributed by atoms with Gasteiger partial charge >= 0.3 is 3.93 Å². The molecule has 0 saturated carbocycles. The molecule has 1 fully saturated rings. The van der Waals surface area contributed by atoms with E-state index in [1.54, 1.807) is 6.07 Å². The summed E-state index contributed by atoms with van der Waals surface area (Å²) in [6, 6.07) is 12.0. The molecule has 5 nitrogen and oxygen atoms in total. The molecule has 0 aliphatic carbocycles. The van der Waals surface area contributed by atoms with Crippen molar-refractivity contribution in [2.45, 2.75) is 3.93 Å². The summed E-state index contributed by atoms with van der Waals surface area (Å²) in [6.07, 6.45) is 0. The highest BCUT2D eigenvalue weighted by Crippen LogP contribution is 2.44. The fourth-order valence-electron chi connectivity index (χ4n) is 3.54. The summed E-state index contributed by atoms with van der Waals surface area (Å²) in [5, 5.41) is 9.16. The van der Waals surface area contributed by atoms with Crippen molar-refractivity contribution in [2.24, 2.45) is 4.99 Å². The van der Waals surface area contributed by atoms with E-state index in [1.165, 1.54) is 12.1 Å². The van der Waals surface area contributed by atoms with Crippen molar-refractivity contribution in [1.82, 2.24) is 9.80 Å². The minimum absolute atomic E-state index is 0.0653. The number of para-hydroxylation sites is 1. The fraction of sp³-hybridized carbons (Fsp3) is 0.333. The summed E-state index contributed by atoms with van der Waals surface area (Å²) in [7, 11) is 0. The van der Waals surface area contributed by atoms with Gasteiger partial charge in [0.15, 0.2) is 5.75 Å². The second-order valence-corrected chi connectivity index (χ2v) is 9.02. The first-order chi connectivity index (χ1) is 14.0. The molecule has 2 aromatic rings. The average molecular weight is 513 g/mol. The lowest BCUT2D eigenvalue weighted by Crippen LogP contribution is -2.49. The third-order valence-corrected chi connectivity index (χ3v) is 6.70. The Morgan fingerprint density at radius 2 is 1.86 bits per heavy atom. The van der Waals surface area contributed by atoms with Gasteiger partial charge in [-0.2, -0.15) is 8.78 Å². The predicted molar refractivity (Wildman–Crippen MR) is 119 cm³/mol. The molecule has 1 N–H and O–H groups in total. The molecular weight excluding hydrogens is 491 g/mol. The fourth-order valence-corrected chi connectivity index (χ4v) is 4.32. The molecule has 4 rings (SSSR count). The van der Waals surface area contributed by atoms with E-state index < -0.39 is 24.7 Å². The first-order valence-electron chi connectivity index (χ1n) is 9.38. The van der Waals surface area contributed by atoms with E-state index in [2.05, 4.69) is 14.3 Å². The lowest BCUT2D eigenvalue weighted by atomic mass is 10.1. The van der Waals surface area contributed by atoms with Crippen LogP contribution in [0.4, 0.5) is 14.5 Å². The molecule has 0 bridgehead atoms. The van der Waals surface area contributed by atoms with Crippen molar-refractivity contribution in [2.75, 3.05) is 39.3 Å². The van der Waals surface area contributed by atoms with Crippen molar-refractivity contribution in [3.63, 3.8) is 0 Å². The van der Waals surface area contributed by atoms with Crippen LogP contribution in [0.25, 0.3) is 0 Å². The Kier molecular flexibility index (Phi) is 5.93. The second-order valence-electron chi connectivity index (χ2n) is 6.90. The number of β-amino-alcohol motifs (C(OH)–C–C–N with tert-alkyl or cyclic N) is 1. The number of benzene rings is 2. The number of hydrogen-bond acceptors (Lipinski definition) is 5. The van der Waals surface area contributed by atoms with Gasteiger partial charge in [0, 0.05) is 38.3 Å². The molecular formula is C21H22F2IN3O2. The lowest BCUT2D eigenvalue weighted by Gasteiger charge is -2.36. The normalized spacial score (nSPS) is 17.1. The maximum absolute atomic E-state index is 14.2. The smallest absolute Gasteiger partial charge is 0.316 e. The van der Waals surface area contributed by atoms with Crippen molar-refractivity contribution < 1.29 is 18.6 Å². The van der Waals surface area contributed by atoms with Crippen molar-refractivity contribution >= 4 is 36.8 Å². The number of fused-ring (bicyclic) bond motifs is 2. The highest BCUT2D eigenvalue weighted by atomic mass is 127. The van der Waals surface area contributed by atoms with E-state index in [-0.39, 0.29) is 12.2 Å². The lowest BCUT2D eigenvalue weighted by molar-refractivity contribution is 0.127. The molecule has 8 heteroatoms. The van der Waals surface area contributed by atoms with Gasteiger partial charge in [-0.3, -0.25) is 4.90 Å². The van der Waals surface area contributed by atoms with Crippen molar-refractivity contribution in [3.05, 3.63) is 53.6 Å². The Labute approximate surface area is 178 Å². The quantitative estimate of drug-likeness (QED) is 0.498. The van der Waals surface area contributed by atoms with E-state index in [4.69, 9.17) is 14.8 Å². The van der Waals surface area contributed by atoms with Gasteiger partial charge in [-0.05, 0) is 51.1 Å². The molecule has 2 aliphatic heterocycles. The van der Waals surface area contributed by atoms with Gasteiger partial charge in [0.1, 0.15) is 17.3 Å². The van der Waals surface area contributed by atoms with E-state index >= 15 is 0 Å². The van der Waals surface area contributed by atoms with Gasteiger partial charge in [-0.1, -0.05) is 16.6 Å². The topological polar surface area (TPSA) is 48.3 Å². The van der Waals surface area contributed by atoms with Crippen LogP contribution in [0.3, 0.4) is 0 Å². The number of piperazine rings is 1. The minimum atomic E-state index is -2.90. The molecule has 154 valence electrons. The molecule has 0 amide bonds. The molecule has 0 spiro atoms. The van der Waals surface area contributed by atoms with Crippen LogP contribution >= 0.6 is 20.7 Å². The first kappa shape index (κ1) is 20.4. The number of nitrogens with zero attached hydrogens (tertiary/aromatic N) is 3. The van der Waals surface area contributed by atoms with Crippen LogP contribution in [0.2, 0.25) is 0 Å². The summed E-state index contributed by atoms with van der Waals surface area (Å²) in [5.74, 6) is 1.85. The SMILES string of the molecule is C=IC(F)(F)c1ccc2c(c1)N=C(N1CCN(CCO)CC1)c1ccccc1O2. The third kappa shape index (κ3) is 4.19. The van der Waals surface area contributed by atoms with Gasteiger partial charge < -0.3 is 14.7 Å². The summed E-state index contributed by atoms with van der Waals surface area (Å²) < 4.78 is 35.1. The van der Waals surface area contributed by atoms with E-state index in [1.807, 2.05) is 24.3 Å². The van der Waals surface area contributed by atoms with Gasteiger partial charge in [-0.15, -0.1) is 0 Å². The van der Waals surface area contributed by atoms with Crippen LogP contribution in [-0.4, -0.2) is 64.6 Å². The zero-order valence-corrected chi connectivity index (χ0v) is 18.0. The zero-order valence-electron chi connectivity index (χ0n) is 15.8. The number of halogens is 3. The van der Waals surface area contributed by atoms with Crippen LogP contribution in [0.5, 0.6) is 11.5 Å². The van der Waals surface area contributed by atoms with Gasteiger partial charge in [-0.25, -0.2) is 4.99 Å². The molecule has 2 aromatic carbocycles. The third-order valence-electron chi connectivity index (χ3n) is 5.12. The average Bonchev–Trinajstić information content (AvgIpc) is 2.91. The molecule has 0 unspecified atom stereocenters. The number of aliphatic hydroxyl groups is 1. The predicted octanol–water partition coefficient (Wildman–Crippen LogP) is 3.93. The Morgan fingerprint density at radius 1 is 1.10 bits per heavy atom. The largest absolute Gasteiger partial charge is 0.454 e. The molecule has 0 atom stereocenters. The highest BCUT2D eigenvalue weighted by Gasteiger charge is 2.31. The van der Waals surface area contributed by atoms with Gasteiger partial charge in [0.25, 0.3) is 0 Å². The highest BCUT2D eigenvalue weighted by molar-refractivity contribution is 14.2. The van der Waals surface area contributed by atoms with Gasteiger partial charge in [0.05, 0.1) is 12.2 Å². The van der Waals surface area contributed by atoms with Crippen LogP contribution in [0.1, 0.15) is 11.1 Å². The van der Waals surface area contributed by atoms with Crippen LogP contribution < -0.4 is 4.74 Å². The Morgan fingerprint density at radius 3 is 2.59 bits per heavy atom. The number of aliphatic imine (C=N–C) groups is 1. The maximum atomic E-state index is 14.2. The summed E-state index contributed by atoms with van der Waals surface area (Å²) in [5.41, 5.74) is 1.19.